The van der Waals surface area contributed by atoms with Gasteiger partial charge in [0.2, 0.25) is 0 Å². The van der Waals surface area contributed by atoms with Crippen LogP contribution in [0.15, 0.2) is 46.0 Å². The van der Waals surface area contributed by atoms with Gasteiger partial charge < -0.3 is 25.9 Å². The van der Waals surface area contributed by atoms with Crippen molar-refractivity contribution in [2.75, 3.05) is 37.5 Å². The summed E-state index contributed by atoms with van der Waals surface area (Å²) in [5.41, 5.74) is 5.56. The highest BCUT2D eigenvalue weighted by atomic mass is 19.1. The van der Waals surface area contributed by atoms with Crippen LogP contribution in [0.1, 0.15) is 25.3 Å². The van der Waals surface area contributed by atoms with Gasteiger partial charge in [-0.25, -0.2) is 9.18 Å². The minimum atomic E-state index is -0.750. The van der Waals surface area contributed by atoms with Crippen LogP contribution in [0.4, 0.5) is 10.1 Å². The molecule has 2 fully saturated rings. The molecule has 0 spiro atoms. The molecule has 5 rings (SSSR count). The second-order valence-electron chi connectivity index (χ2n) is 8.98. The number of rotatable bonds is 7. The van der Waals surface area contributed by atoms with Crippen LogP contribution in [0, 0.1) is 11.7 Å². The molecule has 2 heterocycles. The lowest BCUT2D eigenvalue weighted by Gasteiger charge is -2.25. The quantitative estimate of drug-likeness (QED) is 0.505. The molecule has 180 valence electrons. The van der Waals surface area contributed by atoms with E-state index < -0.39 is 17.1 Å². The van der Waals surface area contributed by atoms with Crippen molar-refractivity contribution in [3.63, 3.8) is 0 Å². The standard InChI is InChI=1S/C24H28FN5O4/c1-33-22-20-17(23(31)30(27)24(32)29(20)15-7-8-15)11-18(25)21(22)28-10-9-14(12-28)19(26)13-34-16-5-3-2-4-6-16/h2-6,11,14-15,19H,7-10,12-13,26-27H2,1H3/t14-,19-/m1/s1. The summed E-state index contributed by atoms with van der Waals surface area (Å²) in [5.74, 6) is 6.11. The summed E-state index contributed by atoms with van der Waals surface area (Å²) >= 11 is 0. The van der Waals surface area contributed by atoms with Gasteiger partial charge in [0.15, 0.2) is 11.6 Å². The number of nitrogens with zero attached hydrogens (tertiary/aromatic N) is 3. The van der Waals surface area contributed by atoms with Gasteiger partial charge >= 0.3 is 5.69 Å². The van der Waals surface area contributed by atoms with Crippen LogP contribution in [0.2, 0.25) is 0 Å². The largest absolute Gasteiger partial charge is 0.492 e. The molecule has 0 amide bonds. The summed E-state index contributed by atoms with van der Waals surface area (Å²) in [4.78, 5) is 27.4. The van der Waals surface area contributed by atoms with E-state index in [0.717, 1.165) is 31.1 Å². The Morgan fingerprint density at radius 1 is 1.18 bits per heavy atom. The number of anilines is 1. The number of nitrogen functional groups attached to an aromatic ring is 1. The van der Waals surface area contributed by atoms with Crippen molar-refractivity contribution >= 4 is 16.6 Å². The van der Waals surface area contributed by atoms with Crippen molar-refractivity contribution < 1.29 is 13.9 Å². The summed E-state index contributed by atoms with van der Waals surface area (Å²) in [6, 6.07) is 10.3. The molecule has 1 saturated heterocycles. The number of fused-ring (bicyclic) bond motifs is 1. The molecule has 1 aliphatic heterocycles. The van der Waals surface area contributed by atoms with E-state index in [0.29, 0.717) is 29.9 Å². The Bertz CT molecular complexity index is 1340. The molecule has 0 unspecified atom stereocenters. The third-order valence-electron chi connectivity index (χ3n) is 6.73. The highest BCUT2D eigenvalue weighted by Gasteiger charge is 2.35. The van der Waals surface area contributed by atoms with E-state index in [1.807, 2.05) is 35.2 Å². The van der Waals surface area contributed by atoms with E-state index in [1.165, 1.54) is 11.7 Å². The first-order chi connectivity index (χ1) is 16.4. The molecule has 1 aromatic heterocycles. The fraction of sp³-hybridized carbons (Fsp3) is 0.417. The maximum atomic E-state index is 15.4. The molecule has 2 aliphatic rings. The second-order valence-corrected chi connectivity index (χ2v) is 8.98. The number of ether oxygens (including phenoxy) is 2. The number of halogens is 1. The van der Waals surface area contributed by atoms with Gasteiger partial charge in [-0.2, -0.15) is 4.68 Å². The average Bonchev–Trinajstić information content (AvgIpc) is 3.57. The summed E-state index contributed by atoms with van der Waals surface area (Å²) < 4.78 is 28.9. The van der Waals surface area contributed by atoms with Crippen LogP contribution in [-0.4, -0.2) is 42.1 Å². The van der Waals surface area contributed by atoms with Crippen LogP contribution in [0.25, 0.3) is 10.9 Å². The molecule has 0 radical (unpaired) electrons. The first-order valence-corrected chi connectivity index (χ1v) is 11.4. The van der Waals surface area contributed by atoms with E-state index >= 15 is 4.39 Å². The molecule has 1 saturated carbocycles. The Morgan fingerprint density at radius 3 is 2.59 bits per heavy atom. The van der Waals surface area contributed by atoms with Gasteiger partial charge in [-0.15, -0.1) is 0 Å². The van der Waals surface area contributed by atoms with Crippen molar-refractivity contribution in [2.24, 2.45) is 11.7 Å². The topological polar surface area (TPSA) is 118 Å². The fourth-order valence-corrected chi connectivity index (χ4v) is 4.78. The Kier molecular flexibility index (Phi) is 5.68. The molecule has 3 aromatic rings. The molecule has 2 aromatic carbocycles. The lowest BCUT2D eigenvalue weighted by atomic mass is 10.0. The Labute approximate surface area is 195 Å². The monoisotopic (exact) mass is 469 g/mol. The van der Waals surface area contributed by atoms with E-state index in [-0.39, 0.29) is 34.8 Å². The number of hydrogen-bond donors (Lipinski definition) is 2. The molecule has 4 N–H and O–H groups in total. The number of aromatic nitrogens is 2. The summed E-state index contributed by atoms with van der Waals surface area (Å²) in [6.07, 6.45) is 2.32. The number of hydrogen-bond acceptors (Lipinski definition) is 7. The lowest BCUT2D eigenvalue weighted by Crippen LogP contribution is -2.44. The first kappa shape index (κ1) is 22.3. The highest BCUT2D eigenvalue weighted by Crippen LogP contribution is 2.43. The van der Waals surface area contributed by atoms with Gasteiger partial charge in [0.05, 0.1) is 12.5 Å². The first-order valence-electron chi connectivity index (χ1n) is 11.4. The van der Waals surface area contributed by atoms with Crippen LogP contribution in [-0.2, 0) is 0 Å². The van der Waals surface area contributed by atoms with E-state index in [4.69, 9.17) is 21.1 Å². The van der Waals surface area contributed by atoms with E-state index in [9.17, 15) is 9.59 Å². The zero-order valence-corrected chi connectivity index (χ0v) is 18.9. The fourth-order valence-electron chi connectivity index (χ4n) is 4.78. The third kappa shape index (κ3) is 3.77. The third-order valence-corrected chi connectivity index (χ3v) is 6.73. The number of methoxy groups -OCH3 is 1. The number of nitrogens with two attached hydrogens (primary N) is 2. The highest BCUT2D eigenvalue weighted by molar-refractivity contribution is 5.91. The maximum Gasteiger partial charge on any atom is 0.350 e. The van der Waals surface area contributed by atoms with Gasteiger partial charge in [0.1, 0.15) is 23.6 Å². The van der Waals surface area contributed by atoms with Gasteiger partial charge in [-0.05, 0) is 43.4 Å². The van der Waals surface area contributed by atoms with E-state index in [2.05, 4.69) is 0 Å². The minimum Gasteiger partial charge on any atom is -0.492 e. The summed E-state index contributed by atoms with van der Waals surface area (Å²) in [6.45, 7) is 1.40. The average molecular weight is 470 g/mol. The number of para-hydroxylation sites is 1. The number of benzene rings is 2. The SMILES string of the molecule is COc1c(N2CC[C@@H]([C@H](N)COc3ccccc3)C2)c(F)cc2c(=O)n(N)c(=O)n(C3CC3)c12. The van der Waals surface area contributed by atoms with Crippen molar-refractivity contribution in [1.82, 2.24) is 9.24 Å². The zero-order valence-electron chi connectivity index (χ0n) is 18.9. The van der Waals surface area contributed by atoms with Crippen LogP contribution in [0.5, 0.6) is 11.5 Å². The molecule has 10 heteroatoms. The maximum absolute atomic E-state index is 15.4. The van der Waals surface area contributed by atoms with Gasteiger partial charge in [0, 0.05) is 25.2 Å². The molecule has 34 heavy (non-hydrogen) atoms. The van der Waals surface area contributed by atoms with Crippen LogP contribution < -0.4 is 37.2 Å². The second kappa shape index (κ2) is 8.68. The van der Waals surface area contributed by atoms with Crippen LogP contribution >= 0.6 is 0 Å². The molecular formula is C24H28FN5O4. The Hall–Kier alpha value is -3.53. The molecule has 0 bridgehead atoms. The van der Waals surface area contributed by atoms with E-state index in [1.54, 1.807) is 0 Å². The zero-order chi connectivity index (χ0) is 24.0. The van der Waals surface area contributed by atoms with Gasteiger partial charge in [-0.1, -0.05) is 18.2 Å². The smallest absolute Gasteiger partial charge is 0.350 e. The molecule has 9 nitrogen and oxygen atoms in total. The summed E-state index contributed by atoms with van der Waals surface area (Å²) in [5, 5.41) is 0.0239. The Balaban J connectivity index is 1.48. The summed E-state index contributed by atoms with van der Waals surface area (Å²) in [7, 11) is 1.42. The predicted molar refractivity (Wildman–Crippen MR) is 128 cm³/mol. The molecule has 1 aliphatic carbocycles. The van der Waals surface area contributed by atoms with Crippen LogP contribution in [0.3, 0.4) is 0 Å². The van der Waals surface area contributed by atoms with Crippen molar-refractivity contribution in [2.45, 2.75) is 31.3 Å². The molecular weight excluding hydrogens is 441 g/mol. The normalized spacial score (nSPS) is 18.9. The predicted octanol–water partition coefficient (Wildman–Crippen LogP) is 1.59. The van der Waals surface area contributed by atoms with Gasteiger partial charge in [-0.3, -0.25) is 9.36 Å². The van der Waals surface area contributed by atoms with Crippen molar-refractivity contribution in [1.29, 1.82) is 0 Å². The Morgan fingerprint density at radius 2 is 1.91 bits per heavy atom. The van der Waals surface area contributed by atoms with Crippen molar-refractivity contribution in [3.8, 4) is 11.5 Å². The minimum absolute atomic E-state index is 0.0239. The van der Waals surface area contributed by atoms with Gasteiger partial charge in [0.25, 0.3) is 5.56 Å². The molecule has 2 atom stereocenters. The van der Waals surface area contributed by atoms with Crippen molar-refractivity contribution in [3.05, 3.63) is 63.1 Å². The lowest BCUT2D eigenvalue weighted by molar-refractivity contribution is 0.253.